The van der Waals surface area contributed by atoms with Crippen LogP contribution in [-0.2, 0) is 14.4 Å². The average molecular weight is 349 g/mol. The number of anilines is 2. The molecule has 1 aromatic rings. The fourth-order valence-corrected chi connectivity index (χ4v) is 2.27. The van der Waals surface area contributed by atoms with Gasteiger partial charge in [0.05, 0.1) is 6.54 Å². The molecule has 3 amide bonds. The molecule has 1 rings (SSSR count). The fourth-order valence-electron chi connectivity index (χ4n) is 2.27. The van der Waals surface area contributed by atoms with Crippen LogP contribution in [0.2, 0.25) is 0 Å². The van der Waals surface area contributed by atoms with E-state index in [1.54, 1.807) is 24.3 Å². The van der Waals surface area contributed by atoms with E-state index in [1.807, 2.05) is 27.7 Å². The first-order valence-corrected chi connectivity index (χ1v) is 8.41. The number of hydrogen-bond acceptors (Lipinski definition) is 3. The Labute approximate surface area is 149 Å². The number of amides is 3. The number of likely N-dealkylation sites (N-methyl/N-ethyl adjacent to an activating group) is 1. The molecule has 7 heteroatoms. The number of quaternary nitrogens is 1. The van der Waals surface area contributed by atoms with Gasteiger partial charge in [0, 0.05) is 23.8 Å². The summed E-state index contributed by atoms with van der Waals surface area (Å²) in [5.41, 5.74) is 1.03. The van der Waals surface area contributed by atoms with E-state index in [-0.39, 0.29) is 36.3 Å². The van der Waals surface area contributed by atoms with Crippen molar-refractivity contribution in [2.45, 2.75) is 40.2 Å². The molecule has 0 aliphatic heterocycles. The van der Waals surface area contributed by atoms with Crippen LogP contribution in [0.25, 0.3) is 0 Å². The van der Waals surface area contributed by atoms with Crippen molar-refractivity contribution in [3.63, 3.8) is 0 Å². The van der Waals surface area contributed by atoms with Crippen LogP contribution in [0.4, 0.5) is 11.4 Å². The second-order valence-corrected chi connectivity index (χ2v) is 7.06. The average Bonchev–Trinajstić information content (AvgIpc) is 2.46. The van der Waals surface area contributed by atoms with Gasteiger partial charge in [-0.25, -0.2) is 0 Å². The summed E-state index contributed by atoms with van der Waals surface area (Å²) < 4.78 is 0. The van der Waals surface area contributed by atoms with E-state index in [4.69, 9.17) is 0 Å². The molecule has 0 radical (unpaired) electrons. The minimum atomic E-state index is -0.284. The zero-order valence-corrected chi connectivity index (χ0v) is 15.7. The Bertz CT molecular complexity index is 606. The lowest BCUT2D eigenvalue weighted by molar-refractivity contribution is -0.881. The summed E-state index contributed by atoms with van der Waals surface area (Å²) >= 11 is 0. The van der Waals surface area contributed by atoms with E-state index in [1.165, 1.54) is 6.92 Å². The summed E-state index contributed by atoms with van der Waals surface area (Å²) in [5, 5.41) is 8.37. The normalized spacial score (nSPS) is 12.2. The lowest BCUT2D eigenvalue weighted by Crippen LogP contribution is -3.14. The van der Waals surface area contributed by atoms with E-state index >= 15 is 0 Å². The van der Waals surface area contributed by atoms with Crippen molar-refractivity contribution in [3.8, 4) is 0 Å². The van der Waals surface area contributed by atoms with Gasteiger partial charge in [-0.15, -0.1) is 0 Å². The Balaban J connectivity index is 2.53. The lowest BCUT2D eigenvalue weighted by Gasteiger charge is -2.23. The summed E-state index contributed by atoms with van der Waals surface area (Å²) in [6.07, 6.45) is 0. The van der Waals surface area contributed by atoms with E-state index in [0.717, 1.165) is 4.90 Å². The molecule has 4 N–H and O–H groups in total. The molecule has 0 spiro atoms. The molecule has 1 aromatic carbocycles. The molecule has 0 aliphatic rings. The molecule has 0 bridgehead atoms. The highest BCUT2D eigenvalue weighted by atomic mass is 16.2. The largest absolute Gasteiger partial charge is 0.347 e. The zero-order chi connectivity index (χ0) is 19.0. The molecule has 1 atom stereocenters. The topological polar surface area (TPSA) is 91.7 Å². The molecule has 7 nitrogen and oxygen atoms in total. The van der Waals surface area contributed by atoms with Crippen LogP contribution in [-0.4, -0.2) is 42.9 Å². The van der Waals surface area contributed by atoms with Crippen molar-refractivity contribution >= 4 is 29.1 Å². The van der Waals surface area contributed by atoms with Gasteiger partial charge < -0.3 is 20.9 Å². The Kier molecular flexibility index (Phi) is 7.57. The molecule has 1 unspecified atom stereocenters. The van der Waals surface area contributed by atoms with Gasteiger partial charge in [-0.2, -0.15) is 0 Å². The quantitative estimate of drug-likeness (QED) is 0.574. The van der Waals surface area contributed by atoms with Crippen molar-refractivity contribution in [3.05, 3.63) is 24.3 Å². The van der Waals surface area contributed by atoms with E-state index < -0.39 is 0 Å². The number of rotatable bonds is 7. The van der Waals surface area contributed by atoms with Crippen LogP contribution in [0.3, 0.4) is 0 Å². The maximum atomic E-state index is 12.2. The maximum Gasteiger partial charge on any atom is 0.279 e. The molecule has 0 fully saturated rings. The van der Waals surface area contributed by atoms with Crippen LogP contribution in [0.5, 0.6) is 0 Å². The first kappa shape index (κ1) is 20.6. The molecule has 0 aromatic heterocycles. The van der Waals surface area contributed by atoms with Crippen LogP contribution in [0.15, 0.2) is 24.3 Å². The maximum absolute atomic E-state index is 12.2. The van der Waals surface area contributed by atoms with Crippen LogP contribution in [0.1, 0.15) is 34.6 Å². The molecule has 0 heterocycles. The molecule has 0 saturated heterocycles. The van der Waals surface area contributed by atoms with E-state index in [0.29, 0.717) is 17.9 Å². The minimum Gasteiger partial charge on any atom is -0.347 e. The van der Waals surface area contributed by atoms with Crippen molar-refractivity contribution in [1.82, 2.24) is 5.32 Å². The number of carbonyl (C=O) groups is 3. The first-order valence-electron chi connectivity index (χ1n) is 8.41. The third-order valence-electron chi connectivity index (χ3n) is 3.32. The molecular formula is C18H29N4O3+. The summed E-state index contributed by atoms with van der Waals surface area (Å²) in [6.45, 7) is 10.3. The Hall–Kier alpha value is -2.41. The van der Waals surface area contributed by atoms with Gasteiger partial charge in [0.2, 0.25) is 5.91 Å². The van der Waals surface area contributed by atoms with Gasteiger partial charge in [-0.1, -0.05) is 0 Å². The van der Waals surface area contributed by atoms with Gasteiger partial charge in [-0.05, 0) is 52.0 Å². The van der Waals surface area contributed by atoms with E-state index in [2.05, 4.69) is 16.0 Å². The third kappa shape index (κ3) is 8.85. The first-order chi connectivity index (χ1) is 11.6. The Morgan fingerprint density at radius 2 is 1.40 bits per heavy atom. The van der Waals surface area contributed by atoms with Gasteiger partial charge >= 0.3 is 0 Å². The zero-order valence-electron chi connectivity index (χ0n) is 15.7. The smallest absolute Gasteiger partial charge is 0.279 e. The SMILES string of the molecule is CC[NH+](CC(=O)Nc1ccc(NC(C)=O)cc1)CC(=O)NC(C)(C)C. The van der Waals surface area contributed by atoms with Gasteiger partial charge in [0.15, 0.2) is 13.1 Å². The Morgan fingerprint density at radius 3 is 1.84 bits per heavy atom. The third-order valence-corrected chi connectivity index (χ3v) is 3.32. The van der Waals surface area contributed by atoms with Crippen molar-refractivity contribution < 1.29 is 19.3 Å². The summed E-state index contributed by atoms with van der Waals surface area (Å²) in [5.74, 6) is -0.378. The molecule has 0 saturated carbocycles. The summed E-state index contributed by atoms with van der Waals surface area (Å²) in [6, 6.07) is 6.89. The van der Waals surface area contributed by atoms with Crippen molar-refractivity contribution in [1.29, 1.82) is 0 Å². The van der Waals surface area contributed by atoms with E-state index in [9.17, 15) is 14.4 Å². The Morgan fingerprint density at radius 1 is 0.920 bits per heavy atom. The number of benzene rings is 1. The van der Waals surface area contributed by atoms with Crippen LogP contribution >= 0.6 is 0 Å². The fraction of sp³-hybridized carbons (Fsp3) is 0.500. The number of hydrogen-bond donors (Lipinski definition) is 4. The van der Waals surface area contributed by atoms with Crippen molar-refractivity contribution in [2.24, 2.45) is 0 Å². The second-order valence-electron chi connectivity index (χ2n) is 7.06. The predicted octanol–water partition coefficient (Wildman–Crippen LogP) is 0.403. The van der Waals surface area contributed by atoms with Crippen LogP contribution in [0, 0.1) is 0 Å². The summed E-state index contributed by atoms with van der Waals surface area (Å²) in [7, 11) is 0. The highest BCUT2D eigenvalue weighted by Crippen LogP contribution is 2.13. The highest BCUT2D eigenvalue weighted by Gasteiger charge is 2.20. The standard InChI is InChI=1S/C18H28N4O3/c1-6-22(12-17(25)21-18(3,4)5)11-16(24)20-15-9-7-14(8-10-15)19-13(2)23/h7-10H,6,11-12H2,1-5H3,(H,19,23)(H,20,24)(H,21,25)/p+1. The number of nitrogens with one attached hydrogen (secondary N) is 4. The molecule has 0 aliphatic carbocycles. The lowest BCUT2D eigenvalue weighted by atomic mass is 10.1. The second kappa shape index (κ2) is 9.17. The predicted molar refractivity (Wildman–Crippen MR) is 98.5 cm³/mol. The van der Waals surface area contributed by atoms with Gasteiger partial charge in [0.25, 0.3) is 11.8 Å². The van der Waals surface area contributed by atoms with Gasteiger partial charge in [0.1, 0.15) is 0 Å². The monoisotopic (exact) mass is 349 g/mol. The summed E-state index contributed by atoms with van der Waals surface area (Å²) in [4.78, 5) is 36.0. The number of carbonyl (C=O) groups excluding carboxylic acids is 3. The van der Waals surface area contributed by atoms with Gasteiger partial charge in [-0.3, -0.25) is 14.4 Å². The highest BCUT2D eigenvalue weighted by molar-refractivity contribution is 5.92. The molecular weight excluding hydrogens is 320 g/mol. The molecule has 138 valence electrons. The van der Waals surface area contributed by atoms with Crippen molar-refractivity contribution in [2.75, 3.05) is 30.3 Å². The van der Waals surface area contributed by atoms with Crippen LogP contribution < -0.4 is 20.9 Å². The minimum absolute atomic E-state index is 0.0724. The molecule has 25 heavy (non-hydrogen) atoms.